The zero-order valence-corrected chi connectivity index (χ0v) is 10.6. The van der Waals surface area contributed by atoms with Crippen LogP contribution in [0.15, 0.2) is 28.5 Å². The lowest BCUT2D eigenvalue weighted by molar-refractivity contribution is 0.606. The quantitative estimate of drug-likeness (QED) is 0.841. The number of thioether (sulfide) groups is 1. The Bertz CT molecular complexity index is 547. The number of anilines is 1. The molecule has 5 heteroatoms. The third-order valence-corrected chi connectivity index (χ3v) is 4.98. The average molecular weight is 255 g/mol. The van der Waals surface area contributed by atoms with E-state index in [0.29, 0.717) is 11.4 Å². The number of benzene rings is 1. The van der Waals surface area contributed by atoms with Crippen molar-refractivity contribution in [3.63, 3.8) is 0 Å². The van der Waals surface area contributed by atoms with Crippen molar-refractivity contribution in [1.82, 2.24) is 0 Å². The molecule has 1 aromatic carbocycles. The molecule has 0 bridgehead atoms. The Morgan fingerprint density at radius 3 is 2.81 bits per heavy atom. The first-order valence-corrected chi connectivity index (χ1v) is 7.68. The number of sulfone groups is 1. The summed E-state index contributed by atoms with van der Waals surface area (Å²) in [4.78, 5) is 0.279. The van der Waals surface area contributed by atoms with Crippen LogP contribution in [0, 0.1) is 0 Å². The standard InChI is InChI=1S/C11H13NO2S2/c1-2-15-6-8-7-16(13,14)11-9(8)4-3-5-10(11)12/h3-5,7H,2,6,12H2,1H3. The summed E-state index contributed by atoms with van der Waals surface area (Å²) < 4.78 is 23.8. The molecule has 0 aliphatic carbocycles. The van der Waals surface area contributed by atoms with Crippen LogP contribution < -0.4 is 5.73 Å². The van der Waals surface area contributed by atoms with Crippen LogP contribution in [-0.4, -0.2) is 19.9 Å². The second-order valence-corrected chi connectivity index (χ2v) is 6.56. The molecule has 0 saturated carbocycles. The van der Waals surface area contributed by atoms with Gasteiger partial charge in [-0.3, -0.25) is 0 Å². The largest absolute Gasteiger partial charge is 0.398 e. The number of hydrogen-bond acceptors (Lipinski definition) is 4. The summed E-state index contributed by atoms with van der Waals surface area (Å²) in [5, 5.41) is 1.34. The van der Waals surface area contributed by atoms with E-state index < -0.39 is 9.84 Å². The van der Waals surface area contributed by atoms with Crippen molar-refractivity contribution in [2.24, 2.45) is 0 Å². The second-order valence-electron chi connectivity index (χ2n) is 3.55. The van der Waals surface area contributed by atoms with E-state index in [1.807, 2.05) is 6.07 Å². The molecule has 1 aliphatic heterocycles. The molecular formula is C11H13NO2S2. The SMILES string of the molecule is CCSCC1=CS(=O)(=O)c2c(N)cccc21. The van der Waals surface area contributed by atoms with Gasteiger partial charge in [-0.2, -0.15) is 11.8 Å². The molecule has 0 fully saturated rings. The van der Waals surface area contributed by atoms with Crippen molar-refractivity contribution in [1.29, 1.82) is 0 Å². The fourth-order valence-corrected chi connectivity index (χ4v) is 4.13. The minimum atomic E-state index is -3.32. The van der Waals surface area contributed by atoms with E-state index in [1.165, 1.54) is 5.41 Å². The van der Waals surface area contributed by atoms with E-state index in [-0.39, 0.29) is 4.90 Å². The molecule has 3 nitrogen and oxygen atoms in total. The van der Waals surface area contributed by atoms with Crippen LogP contribution in [0.5, 0.6) is 0 Å². The molecule has 0 radical (unpaired) electrons. The van der Waals surface area contributed by atoms with E-state index in [4.69, 9.17) is 5.73 Å². The Morgan fingerprint density at radius 2 is 2.12 bits per heavy atom. The maximum Gasteiger partial charge on any atom is 0.202 e. The number of rotatable bonds is 3. The minimum Gasteiger partial charge on any atom is -0.398 e. The van der Waals surface area contributed by atoms with Crippen molar-refractivity contribution in [2.45, 2.75) is 11.8 Å². The summed E-state index contributed by atoms with van der Waals surface area (Å²) in [6, 6.07) is 5.23. The molecule has 86 valence electrons. The molecule has 16 heavy (non-hydrogen) atoms. The van der Waals surface area contributed by atoms with Gasteiger partial charge in [-0.1, -0.05) is 19.1 Å². The zero-order valence-electron chi connectivity index (χ0n) is 8.93. The molecule has 0 spiro atoms. The van der Waals surface area contributed by atoms with Gasteiger partial charge in [0.2, 0.25) is 9.84 Å². The van der Waals surface area contributed by atoms with Crippen molar-refractivity contribution >= 4 is 32.9 Å². The molecular weight excluding hydrogens is 242 g/mol. The predicted octanol–water partition coefficient (Wildman–Crippen LogP) is 2.15. The monoisotopic (exact) mass is 255 g/mol. The Labute approximate surface area is 99.6 Å². The van der Waals surface area contributed by atoms with Crippen molar-refractivity contribution < 1.29 is 8.42 Å². The predicted molar refractivity (Wildman–Crippen MR) is 69.0 cm³/mol. The van der Waals surface area contributed by atoms with Gasteiger partial charge in [0.25, 0.3) is 0 Å². The number of fused-ring (bicyclic) bond motifs is 1. The lowest BCUT2D eigenvalue weighted by atomic mass is 10.1. The molecule has 1 aromatic rings. The normalized spacial score (nSPS) is 16.9. The topological polar surface area (TPSA) is 60.2 Å². The molecule has 0 amide bonds. The van der Waals surface area contributed by atoms with Gasteiger partial charge in [0.15, 0.2) is 0 Å². The van der Waals surface area contributed by atoms with Crippen LogP contribution >= 0.6 is 11.8 Å². The molecule has 0 aromatic heterocycles. The zero-order chi connectivity index (χ0) is 11.8. The molecule has 2 rings (SSSR count). The van der Waals surface area contributed by atoms with E-state index in [1.54, 1.807) is 23.9 Å². The minimum absolute atomic E-state index is 0.279. The first-order valence-electron chi connectivity index (χ1n) is 4.98. The third-order valence-electron chi connectivity index (χ3n) is 2.44. The van der Waals surface area contributed by atoms with Crippen molar-refractivity contribution in [3.8, 4) is 0 Å². The average Bonchev–Trinajstić information content (AvgIpc) is 2.49. The molecule has 1 aliphatic rings. The summed E-state index contributed by atoms with van der Waals surface area (Å²) in [5.74, 6) is 1.68. The number of nitrogens with two attached hydrogens (primary N) is 1. The highest BCUT2D eigenvalue weighted by Gasteiger charge is 2.28. The van der Waals surface area contributed by atoms with Gasteiger partial charge in [0.1, 0.15) is 4.90 Å². The lowest BCUT2D eigenvalue weighted by Crippen LogP contribution is -1.99. The van der Waals surface area contributed by atoms with E-state index in [2.05, 4.69) is 6.92 Å². The third kappa shape index (κ3) is 1.85. The number of hydrogen-bond donors (Lipinski definition) is 1. The molecule has 0 atom stereocenters. The summed E-state index contributed by atoms with van der Waals surface area (Å²) in [7, 11) is -3.32. The molecule has 0 saturated heterocycles. The smallest absolute Gasteiger partial charge is 0.202 e. The van der Waals surface area contributed by atoms with Gasteiger partial charge < -0.3 is 5.73 Å². The van der Waals surface area contributed by atoms with Crippen LogP contribution in [0.3, 0.4) is 0 Å². The molecule has 2 N–H and O–H groups in total. The van der Waals surface area contributed by atoms with Crippen LogP contribution in [0.25, 0.3) is 5.57 Å². The van der Waals surface area contributed by atoms with Gasteiger partial charge in [0, 0.05) is 16.7 Å². The van der Waals surface area contributed by atoms with Gasteiger partial charge in [-0.05, 0) is 17.4 Å². The van der Waals surface area contributed by atoms with E-state index in [0.717, 1.165) is 16.9 Å². The summed E-state index contributed by atoms with van der Waals surface area (Å²) >= 11 is 1.70. The van der Waals surface area contributed by atoms with Gasteiger partial charge in [0.05, 0.1) is 5.69 Å². The highest BCUT2D eigenvalue weighted by molar-refractivity contribution is 8.00. The first kappa shape index (κ1) is 11.5. The Hall–Kier alpha value is -0.940. The highest BCUT2D eigenvalue weighted by atomic mass is 32.2. The van der Waals surface area contributed by atoms with Crippen molar-refractivity contribution in [3.05, 3.63) is 29.2 Å². The highest BCUT2D eigenvalue weighted by Crippen LogP contribution is 2.38. The van der Waals surface area contributed by atoms with Crippen molar-refractivity contribution in [2.75, 3.05) is 17.2 Å². The van der Waals surface area contributed by atoms with Crippen LogP contribution in [0.2, 0.25) is 0 Å². The van der Waals surface area contributed by atoms with Gasteiger partial charge >= 0.3 is 0 Å². The van der Waals surface area contributed by atoms with Crippen LogP contribution in [0.4, 0.5) is 5.69 Å². The van der Waals surface area contributed by atoms with E-state index >= 15 is 0 Å². The maximum absolute atomic E-state index is 11.9. The molecule has 0 unspecified atom stereocenters. The Morgan fingerprint density at radius 1 is 1.38 bits per heavy atom. The number of nitrogen functional groups attached to an aromatic ring is 1. The summed E-state index contributed by atoms with van der Waals surface area (Å²) in [6.07, 6.45) is 0. The van der Waals surface area contributed by atoms with E-state index in [9.17, 15) is 8.42 Å². The summed E-state index contributed by atoms with van der Waals surface area (Å²) in [6.45, 7) is 2.05. The van der Waals surface area contributed by atoms with Gasteiger partial charge in [-0.25, -0.2) is 8.42 Å². The fourth-order valence-electron chi connectivity index (χ4n) is 1.76. The lowest BCUT2D eigenvalue weighted by Gasteiger charge is -2.05. The van der Waals surface area contributed by atoms with Gasteiger partial charge in [-0.15, -0.1) is 0 Å². The van der Waals surface area contributed by atoms with Crippen LogP contribution in [0.1, 0.15) is 12.5 Å². The van der Waals surface area contributed by atoms with Crippen LogP contribution in [-0.2, 0) is 9.84 Å². The second kappa shape index (κ2) is 4.14. The first-order chi connectivity index (χ1) is 7.56. The Kier molecular flexibility index (Phi) is 2.99. The summed E-state index contributed by atoms with van der Waals surface area (Å²) in [5.41, 5.74) is 7.68. The Balaban J connectivity index is 2.52. The fraction of sp³-hybridized carbons (Fsp3) is 0.273. The molecule has 1 heterocycles. The maximum atomic E-state index is 11.9.